The van der Waals surface area contributed by atoms with E-state index >= 15 is 0 Å². The molecule has 128 valence electrons. The number of benzene rings is 2. The lowest BCUT2D eigenvalue weighted by atomic mass is 10.1. The second kappa shape index (κ2) is 8.69. The summed E-state index contributed by atoms with van der Waals surface area (Å²) in [5.41, 5.74) is 1.57. The normalized spacial score (nSPS) is 11.8. The van der Waals surface area contributed by atoms with Gasteiger partial charge < -0.3 is 10.2 Å². The monoisotopic (exact) mass is 348 g/mol. The number of halogens is 2. The number of nitrogens with zero attached hydrogens (tertiary/aromatic N) is 1. The van der Waals surface area contributed by atoms with E-state index in [0.717, 1.165) is 12.8 Å². The van der Waals surface area contributed by atoms with Crippen molar-refractivity contribution in [1.29, 1.82) is 0 Å². The van der Waals surface area contributed by atoms with E-state index in [-0.39, 0.29) is 18.6 Å². The van der Waals surface area contributed by atoms with Crippen molar-refractivity contribution >= 4 is 17.6 Å². The molecule has 24 heavy (non-hydrogen) atoms. The van der Waals surface area contributed by atoms with Gasteiger partial charge in [0, 0.05) is 23.7 Å². The number of nitrogens with one attached hydrogen (secondary N) is 1. The molecule has 0 fully saturated rings. The van der Waals surface area contributed by atoms with Gasteiger partial charge in [0.25, 0.3) is 0 Å². The Balaban J connectivity index is 1.84. The minimum absolute atomic E-state index is 0.0243. The summed E-state index contributed by atoms with van der Waals surface area (Å²) >= 11 is 6.00. The molecule has 1 unspecified atom stereocenters. The van der Waals surface area contributed by atoms with Gasteiger partial charge >= 0.3 is 6.03 Å². The molecule has 0 saturated heterocycles. The van der Waals surface area contributed by atoms with Crippen molar-refractivity contribution in [3.05, 3.63) is 70.5 Å². The fraction of sp³-hybridized carbons (Fsp3) is 0.316. The molecule has 2 rings (SSSR count). The van der Waals surface area contributed by atoms with Crippen molar-refractivity contribution < 1.29 is 9.18 Å². The number of carbonyl (C=O) groups excluding carboxylic acids is 1. The predicted molar refractivity (Wildman–Crippen MR) is 95.6 cm³/mol. The van der Waals surface area contributed by atoms with Crippen molar-refractivity contribution in [2.75, 3.05) is 7.05 Å². The van der Waals surface area contributed by atoms with Gasteiger partial charge in [-0.1, -0.05) is 48.0 Å². The predicted octanol–water partition coefficient (Wildman–Crippen LogP) is 4.64. The zero-order valence-electron chi connectivity index (χ0n) is 13.9. The maximum absolute atomic E-state index is 13.8. The Kier molecular flexibility index (Phi) is 6.62. The molecule has 1 N–H and O–H groups in total. The smallest absolute Gasteiger partial charge is 0.317 e. The fourth-order valence-electron chi connectivity index (χ4n) is 2.41. The van der Waals surface area contributed by atoms with Crippen molar-refractivity contribution in [2.24, 2.45) is 0 Å². The van der Waals surface area contributed by atoms with E-state index in [9.17, 15) is 9.18 Å². The molecule has 0 aliphatic rings. The second-order valence-electron chi connectivity index (χ2n) is 5.93. The third-order valence-corrected chi connectivity index (χ3v) is 4.24. The molecule has 0 heterocycles. The lowest BCUT2D eigenvalue weighted by molar-refractivity contribution is 0.202. The highest BCUT2D eigenvalue weighted by Gasteiger charge is 2.15. The van der Waals surface area contributed by atoms with Crippen LogP contribution in [0.4, 0.5) is 9.18 Å². The summed E-state index contributed by atoms with van der Waals surface area (Å²) in [4.78, 5) is 13.7. The number of rotatable bonds is 6. The van der Waals surface area contributed by atoms with E-state index in [0.29, 0.717) is 10.6 Å². The largest absolute Gasteiger partial charge is 0.336 e. The first-order valence-electron chi connectivity index (χ1n) is 7.96. The Labute approximate surface area is 147 Å². The van der Waals surface area contributed by atoms with Crippen molar-refractivity contribution in [2.45, 2.75) is 32.4 Å². The molecule has 0 bridgehead atoms. The minimum Gasteiger partial charge on any atom is -0.336 e. The highest BCUT2D eigenvalue weighted by atomic mass is 35.5. The van der Waals surface area contributed by atoms with Crippen LogP contribution in [0.25, 0.3) is 0 Å². The third kappa shape index (κ3) is 5.24. The van der Waals surface area contributed by atoms with Crippen LogP contribution in [0.5, 0.6) is 0 Å². The third-order valence-electron chi connectivity index (χ3n) is 3.88. The van der Waals surface area contributed by atoms with Crippen LogP contribution in [0, 0.1) is 5.82 Å². The fourth-order valence-corrected chi connectivity index (χ4v) is 2.64. The van der Waals surface area contributed by atoms with Gasteiger partial charge in [0.2, 0.25) is 0 Å². The van der Waals surface area contributed by atoms with E-state index < -0.39 is 5.82 Å². The molecular weight excluding hydrogens is 327 g/mol. The molecule has 0 aliphatic heterocycles. The molecule has 2 aromatic rings. The van der Waals surface area contributed by atoms with E-state index in [1.165, 1.54) is 16.5 Å². The number of hydrogen-bond donors (Lipinski definition) is 1. The van der Waals surface area contributed by atoms with E-state index in [1.807, 2.05) is 25.1 Å². The molecule has 0 aromatic heterocycles. The first kappa shape index (κ1) is 18.3. The van der Waals surface area contributed by atoms with Gasteiger partial charge in [-0.15, -0.1) is 0 Å². The molecule has 3 nitrogen and oxygen atoms in total. The number of amides is 2. The Morgan fingerprint density at radius 1 is 1.21 bits per heavy atom. The second-order valence-corrected chi connectivity index (χ2v) is 6.34. The molecule has 0 aliphatic carbocycles. The SMILES string of the molecule is CC(CCc1ccccc1)NC(=O)N(C)Cc1c(F)cccc1Cl. The molecule has 2 aromatic carbocycles. The van der Waals surface area contributed by atoms with Crippen LogP contribution in [-0.4, -0.2) is 24.0 Å². The number of urea groups is 1. The first-order valence-corrected chi connectivity index (χ1v) is 8.33. The van der Waals surface area contributed by atoms with Gasteiger partial charge in [0.05, 0.1) is 6.54 Å². The Bertz CT molecular complexity index is 658. The average molecular weight is 349 g/mol. The maximum atomic E-state index is 13.8. The van der Waals surface area contributed by atoms with Gasteiger partial charge in [-0.3, -0.25) is 0 Å². The molecule has 0 saturated carbocycles. The number of aryl methyl sites for hydroxylation is 1. The lowest BCUT2D eigenvalue weighted by Gasteiger charge is -2.22. The number of hydrogen-bond acceptors (Lipinski definition) is 1. The standard InChI is InChI=1S/C19H22ClFN2O/c1-14(11-12-15-7-4-3-5-8-15)22-19(24)23(2)13-16-17(20)9-6-10-18(16)21/h3-10,14H,11-13H2,1-2H3,(H,22,24). The maximum Gasteiger partial charge on any atom is 0.317 e. The van der Waals surface area contributed by atoms with Crippen molar-refractivity contribution in [3.63, 3.8) is 0 Å². The molecule has 0 spiro atoms. The van der Waals surface area contributed by atoms with Crippen LogP contribution in [0.1, 0.15) is 24.5 Å². The average Bonchev–Trinajstić information content (AvgIpc) is 2.57. The topological polar surface area (TPSA) is 32.3 Å². The molecule has 1 atom stereocenters. The summed E-state index contributed by atoms with van der Waals surface area (Å²) < 4.78 is 13.8. The summed E-state index contributed by atoms with van der Waals surface area (Å²) in [5, 5.41) is 3.26. The van der Waals surface area contributed by atoms with Crippen molar-refractivity contribution in [1.82, 2.24) is 10.2 Å². The van der Waals surface area contributed by atoms with Gasteiger partial charge in [-0.2, -0.15) is 0 Å². The molecule has 0 radical (unpaired) electrons. The lowest BCUT2D eigenvalue weighted by Crippen LogP contribution is -2.41. The van der Waals surface area contributed by atoms with E-state index in [4.69, 9.17) is 11.6 Å². The highest BCUT2D eigenvalue weighted by Crippen LogP contribution is 2.20. The minimum atomic E-state index is -0.403. The highest BCUT2D eigenvalue weighted by molar-refractivity contribution is 6.31. The Morgan fingerprint density at radius 3 is 2.58 bits per heavy atom. The van der Waals surface area contributed by atoms with E-state index in [1.54, 1.807) is 19.2 Å². The van der Waals surface area contributed by atoms with Crippen LogP contribution in [-0.2, 0) is 13.0 Å². The van der Waals surface area contributed by atoms with Gasteiger partial charge in [-0.25, -0.2) is 9.18 Å². The quantitative estimate of drug-likeness (QED) is 0.810. The zero-order chi connectivity index (χ0) is 17.5. The van der Waals surface area contributed by atoms with Crippen LogP contribution >= 0.6 is 11.6 Å². The zero-order valence-corrected chi connectivity index (χ0v) is 14.7. The summed E-state index contributed by atoms with van der Waals surface area (Å²) in [5.74, 6) is -0.403. The summed E-state index contributed by atoms with van der Waals surface area (Å²) in [6, 6.07) is 14.4. The van der Waals surface area contributed by atoms with Gasteiger partial charge in [0.1, 0.15) is 5.82 Å². The molecular formula is C19H22ClFN2O. The van der Waals surface area contributed by atoms with Crippen LogP contribution in [0.2, 0.25) is 5.02 Å². The van der Waals surface area contributed by atoms with Crippen molar-refractivity contribution in [3.8, 4) is 0 Å². The summed E-state index contributed by atoms with van der Waals surface area (Å²) in [6.45, 7) is 2.09. The van der Waals surface area contributed by atoms with Crippen LogP contribution in [0.15, 0.2) is 48.5 Å². The Morgan fingerprint density at radius 2 is 1.92 bits per heavy atom. The van der Waals surface area contributed by atoms with Crippen LogP contribution < -0.4 is 5.32 Å². The number of carbonyl (C=O) groups is 1. The summed E-state index contributed by atoms with van der Waals surface area (Å²) in [7, 11) is 1.63. The van der Waals surface area contributed by atoms with E-state index in [2.05, 4.69) is 17.4 Å². The molecule has 5 heteroatoms. The summed E-state index contributed by atoms with van der Waals surface area (Å²) in [6.07, 6.45) is 1.73. The molecule has 2 amide bonds. The Hall–Kier alpha value is -2.07. The van der Waals surface area contributed by atoms with Crippen LogP contribution in [0.3, 0.4) is 0 Å². The van der Waals surface area contributed by atoms with Gasteiger partial charge in [-0.05, 0) is 37.5 Å². The first-order chi connectivity index (χ1) is 11.5. The van der Waals surface area contributed by atoms with Gasteiger partial charge in [0.15, 0.2) is 0 Å².